The molecule has 0 spiro atoms. The molecule has 2 aromatic rings. The normalized spacial score (nSPS) is 12.2. The molecule has 0 saturated carbocycles. The Hall–Kier alpha value is -1.51. The summed E-state index contributed by atoms with van der Waals surface area (Å²) in [5, 5.41) is -0.114. The van der Waals surface area contributed by atoms with Crippen LogP contribution >= 0.6 is 23.2 Å². The van der Waals surface area contributed by atoms with Gasteiger partial charge in [0.25, 0.3) is 5.92 Å². The average Bonchev–Trinajstić information content (AvgIpc) is 2.52. The molecule has 0 atom stereocenters. The molecule has 0 aliphatic rings. The van der Waals surface area contributed by atoms with Crippen LogP contribution in [0.1, 0.15) is 13.8 Å². The number of nitrogens with zero attached hydrogens (tertiary/aromatic N) is 2. The molecule has 5 nitrogen and oxygen atoms in total. The second-order valence-electron chi connectivity index (χ2n) is 5.23. The minimum absolute atomic E-state index is 0.0311. The molecule has 0 aliphatic carbocycles. The monoisotopic (exact) mass is 410 g/mol. The summed E-state index contributed by atoms with van der Waals surface area (Å²) < 4.78 is 55.1. The summed E-state index contributed by atoms with van der Waals surface area (Å²) in [6.07, 6.45) is 0. The minimum atomic E-state index is -3.58. The zero-order valence-electron chi connectivity index (χ0n) is 13.3. The fraction of sp³-hybridized carbons (Fsp3) is 0.333. The van der Waals surface area contributed by atoms with E-state index in [2.05, 4.69) is 9.97 Å². The number of hydrogen-bond acceptors (Lipinski definition) is 5. The molecular formula is C15H14Cl2F2N2O3S. The molecule has 0 aliphatic heterocycles. The third kappa shape index (κ3) is 4.99. The molecule has 0 radical (unpaired) electrons. The predicted molar refractivity (Wildman–Crippen MR) is 91.3 cm³/mol. The van der Waals surface area contributed by atoms with Crippen LogP contribution < -0.4 is 4.74 Å². The molecule has 0 saturated heterocycles. The van der Waals surface area contributed by atoms with Gasteiger partial charge in [0, 0.05) is 6.92 Å². The van der Waals surface area contributed by atoms with Crippen LogP contribution in [0.4, 0.5) is 8.78 Å². The summed E-state index contributed by atoms with van der Waals surface area (Å²) in [6.45, 7) is 1.34. The summed E-state index contributed by atoms with van der Waals surface area (Å²) in [6, 6.07) is 5.39. The molecule has 2 rings (SSSR count). The van der Waals surface area contributed by atoms with Crippen molar-refractivity contribution in [2.75, 3.05) is 12.4 Å². The quantitative estimate of drug-likeness (QED) is 0.664. The molecule has 10 heteroatoms. The summed E-state index contributed by atoms with van der Waals surface area (Å²) >= 11 is 11.8. The molecule has 0 unspecified atom stereocenters. The highest BCUT2D eigenvalue weighted by Crippen LogP contribution is 2.31. The van der Waals surface area contributed by atoms with E-state index in [1.54, 1.807) is 0 Å². The van der Waals surface area contributed by atoms with Gasteiger partial charge in [-0.15, -0.1) is 0 Å². The van der Waals surface area contributed by atoms with E-state index in [1.807, 2.05) is 0 Å². The van der Waals surface area contributed by atoms with Crippen LogP contribution in [-0.4, -0.2) is 36.7 Å². The van der Waals surface area contributed by atoms with Crippen molar-refractivity contribution in [1.29, 1.82) is 0 Å². The number of hydrogen-bond donors (Lipinski definition) is 0. The van der Waals surface area contributed by atoms with Gasteiger partial charge in [-0.2, -0.15) is 0 Å². The lowest BCUT2D eigenvalue weighted by Crippen LogP contribution is -2.21. The first kappa shape index (κ1) is 19.8. The van der Waals surface area contributed by atoms with Gasteiger partial charge in [-0.1, -0.05) is 30.1 Å². The number of pyridine rings is 2. The molecule has 2 heterocycles. The maximum absolute atomic E-state index is 12.9. The van der Waals surface area contributed by atoms with Crippen molar-refractivity contribution in [3.05, 3.63) is 34.6 Å². The van der Waals surface area contributed by atoms with Crippen LogP contribution in [0.2, 0.25) is 10.3 Å². The second-order valence-corrected chi connectivity index (χ2v) is 8.22. The number of sulfone groups is 1. The van der Waals surface area contributed by atoms with Gasteiger partial charge >= 0.3 is 0 Å². The fourth-order valence-electron chi connectivity index (χ4n) is 1.88. The number of aromatic nitrogens is 2. The van der Waals surface area contributed by atoms with Crippen LogP contribution in [0.25, 0.3) is 11.4 Å². The topological polar surface area (TPSA) is 69.2 Å². The van der Waals surface area contributed by atoms with Gasteiger partial charge in [-0.25, -0.2) is 27.2 Å². The molecule has 0 aromatic carbocycles. The van der Waals surface area contributed by atoms with E-state index >= 15 is 0 Å². The van der Waals surface area contributed by atoms with Gasteiger partial charge in [0.05, 0.1) is 16.3 Å². The molecule has 0 amide bonds. The highest BCUT2D eigenvalue weighted by Gasteiger charge is 2.24. The molecular weight excluding hydrogens is 397 g/mol. The van der Waals surface area contributed by atoms with Gasteiger partial charge in [0.1, 0.15) is 10.8 Å². The standard InChI is InChI=1S/C15H14Cl2F2N2O3S/c1-3-25(22,23)11-6-7-12(16)21-13(11)9-4-5-10(14(17)20-9)24-8-15(2,18)19/h4-7H,3,8H2,1-2H3. The average molecular weight is 411 g/mol. The van der Waals surface area contributed by atoms with E-state index in [9.17, 15) is 17.2 Å². The van der Waals surface area contributed by atoms with Gasteiger partial charge in [-0.05, 0) is 24.3 Å². The summed E-state index contributed by atoms with van der Waals surface area (Å²) in [4.78, 5) is 7.98. The Balaban J connectivity index is 2.46. The lowest BCUT2D eigenvalue weighted by molar-refractivity contribution is -0.0230. The summed E-state index contributed by atoms with van der Waals surface area (Å²) in [7, 11) is -3.58. The molecule has 0 fully saturated rings. The fourth-order valence-corrected chi connectivity index (χ4v) is 3.27. The second kappa shape index (κ2) is 7.39. The summed E-state index contributed by atoms with van der Waals surface area (Å²) in [5.74, 6) is -3.21. The van der Waals surface area contributed by atoms with Crippen molar-refractivity contribution in [3.63, 3.8) is 0 Å². The Morgan fingerprint density at radius 3 is 2.40 bits per heavy atom. The van der Waals surface area contributed by atoms with Crippen molar-refractivity contribution >= 4 is 33.0 Å². The highest BCUT2D eigenvalue weighted by atomic mass is 35.5. The van der Waals surface area contributed by atoms with E-state index in [1.165, 1.54) is 31.2 Å². The number of rotatable bonds is 6. The van der Waals surface area contributed by atoms with Crippen LogP contribution in [0, 0.1) is 0 Å². The SMILES string of the molecule is CCS(=O)(=O)c1ccc(Cl)nc1-c1ccc(OCC(C)(F)F)c(Cl)n1. The van der Waals surface area contributed by atoms with Crippen LogP contribution in [0.15, 0.2) is 29.2 Å². The van der Waals surface area contributed by atoms with Crippen LogP contribution in [-0.2, 0) is 9.84 Å². The zero-order valence-corrected chi connectivity index (χ0v) is 15.6. The minimum Gasteiger partial charge on any atom is -0.484 e. The highest BCUT2D eigenvalue weighted by molar-refractivity contribution is 7.91. The third-order valence-electron chi connectivity index (χ3n) is 3.08. The molecule has 136 valence electrons. The van der Waals surface area contributed by atoms with E-state index in [0.717, 1.165) is 0 Å². The Morgan fingerprint density at radius 2 is 1.84 bits per heavy atom. The maximum atomic E-state index is 12.9. The number of halogens is 4. The first-order valence-electron chi connectivity index (χ1n) is 7.10. The smallest absolute Gasteiger partial charge is 0.278 e. The largest absolute Gasteiger partial charge is 0.484 e. The van der Waals surface area contributed by atoms with Crippen molar-refractivity contribution in [2.24, 2.45) is 0 Å². The predicted octanol–water partition coefficient (Wildman–Crippen LogP) is 4.28. The zero-order chi connectivity index (χ0) is 18.8. The Labute approximate surface area is 153 Å². The van der Waals surface area contributed by atoms with Gasteiger partial charge in [-0.3, -0.25) is 0 Å². The van der Waals surface area contributed by atoms with Crippen molar-refractivity contribution < 1.29 is 21.9 Å². The lowest BCUT2D eigenvalue weighted by atomic mass is 10.2. The Bertz CT molecular complexity index is 887. The maximum Gasteiger partial charge on any atom is 0.278 e. The first-order chi connectivity index (χ1) is 11.5. The number of alkyl halides is 2. The molecule has 0 bridgehead atoms. The van der Waals surface area contributed by atoms with E-state index in [0.29, 0.717) is 6.92 Å². The van der Waals surface area contributed by atoms with Gasteiger partial charge in [0.15, 0.2) is 27.3 Å². The van der Waals surface area contributed by atoms with E-state index in [-0.39, 0.29) is 38.1 Å². The van der Waals surface area contributed by atoms with Crippen LogP contribution in [0.3, 0.4) is 0 Å². The summed E-state index contributed by atoms with van der Waals surface area (Å²) in [5.41, 5.74) is 0.166. The Kier molecular flexibility index (Phi) is 5.86. The van der Waals surface area contributed by atoms with Crippen molar-refractivity contribution in [3.8, 4) is 17.1 Å². The van der Waals surface area contributed by atoms with Crippen molar-refractivity contribution in [1.82, 2.24) is 9.97 Å². The van der Waals surface area contributed by atoms with E-state index < -0.39 is 22.4 Å². The number of ether oxygens (including phenoxy) is 1. The van der Waals surface area contributed by atoms with Crippen molar-refractivity contribution in [2.45, 2.75) is 24.7 Å². The molecule has 25 heavy (non-hydrogen) atoms. The van der Waals surface area contributed by atoms with Crippen LogP contribution in [0.5, 0.6) is 5.75 Å². The first-order valence-corrected chi connectivity index (χ1v) is 9.51. The van der Waals surface area contributed by atoms with Gasteiger partial charge in [0.2, 0.25) is 0 Å². The van der Waals surface area contributed by atoms with E-state index in [4.69, 9.17) is 27.9 Å². The third-order valence-corrected chi connectivity index (χ3v) is 5.32. The van der Waals surface area contributed by atoms with Gasteiger partial charge < -0.3 is 4.74 Å². The lowest BCUT2D eigenvalue weighted by Gasteiger charge is -2.14. The molecule has 2 aromatic heterocycles. The Morgan fingerprint density at radius 1 is 1.16 bits per heavy atom. The molecule has 0 N–H and O–H groups in total.